The van der Waals surface area contributed by atoms with Gasteiger partial charge in [-0.25, -0.2) is 0 Å². The number of carbonyl (C=O) groups excluding carboxylic acids is 1. The van der Waals surface area contributed by atoms with E-state index < -0.39 is 0 Å². The fraction of sp³-hybridized carbons (Fsp3) is 0.200. The molecule has 0 saturated heterocycles. The minimum atomic E-state index is -0.298. The van der Waals surface area contributed by atoms with E-state index in [1.807, 2.05) is 13.0 Å². The highest BCUT2D eigenvalue weighted by Crippen LogP contribution is 2.32. The van der Waals surface area contributed by atoms with Crippen LogP contribution in [0.1, 0.15) is 12.5 Å². The highest BCUT2D eigenvalue weighted by molar-refractivity contribution is 5.83. The maximum Gasteiger partial charge on any atom is 0.235 e. The molecule has 1 heterocycles. The lowest BCUT2D eigenvalue weighted by Crippen LogP contribution is -2.14. The number of aryl methyl sites for hydroxylation is 1. The summed E-state index contributed by atoms with van der Waals surface area (Å²) < 4.78 is 16.6. The van der Waals surface area contributed by atoms with E-state index >= 15 is 0 Å². The van der Waals surface area contributed by atoms with Crippen LogP contribution < -0.4 is 14.9 Å². The monoisotopic (exact) mass is 338 g/mol. The smallest absolute Gasteiger partial charge is 0.235 e. The van der Waals surface area contributed by atoms with E-state index in [9.17, 15) is 9.59 Å². The van der Waals surface area contributed by atoms with Gasteiger partial charge in [0.05, 0.1) is 12.5 Å². The number of ketones is 1. The number of ether oxygens (including phenoxy) is 2. The summed E-state index contributed by atoms with van der Waals surface area (Å²) in [5, 5.41) is 0.418. The molecule has 128 valence electrons. The first-order valence-electron chi connectivity index (χ1n) is 7.83. The van der Waals surface area contributed by atoms with Crippen LogP contribution in [-0.2, 0) is 4.79 Å². The van der Waals surface area contributed by atoms with Gasteiger partial charge in [-0.05, 0) is 55.8 Å². The van der Waals surface area contributed by atoms with Crippen LogP contribution in [0.3, 0.4) is 0 Å². The lowest BCUT2D eigenvalue weighted by atomic mass is 10.1. The van der Waals surface area contributed by atoms with Gasteiger partial charge in [0, 0.05) is 5.56 Å². The molecule has 0 fully saturated rings. The minimum Gasteiger partial charge on any atom is -0.497 e. The molecule has 0 spiro atoms. The molecule has 5 nitrogen and oxygen atoms in total. The van der Waals surface area contributed by atoms with Crippen LogP contribution in [0, 0.1) is 6.92 Å². The fourth-order valence-electron chi connectivity index (χ4n) is 2.52. The van der Waals surface area contributed by atoms with Crippen molar-refractivity contribution in [3.8, 4) is 22.8 Å². The molecular weight excluding hydrogens is 320 g/mol. The molecule has 0 N–H and O–H groups in total. The molecule has 3 rings (SSSR count). The number of hydrogen-bond donors (Lipinski definition) is 0. The fourth-order valence-corrected chi connectivity index (χ4v) is 2.52. The third-order valence-electron chi connectivity index (χ3n) is 3.78. The molecule has 0 saturated carbocycles. The van der Waals surface area contributed by atoms with Crippen molar-refractivity contribution in [3.63, 3.8) is 0 Å². The predicted octanol–water partition coefficient (Wildman–Crippen LogP) is 3.74. The van der Waals surface area contributed by atoms with Crippen molar-refractivity contribution in [3.05, 3.63) is 58.3 Å². The average molecular weight is 338 g/mol. The summed E-state index contributed by atoms with van der Waals surface area (Å²) in [6, 6.07) is 12.4. The van der Waals surface area contributed by atoms with Gasteiger partial charge in [-0.2, -0.15) is 0 Å². The number of rotatable bonds is 5. The van der Waals surface area contributed by atoms with Gasteiger partial charge in [-0.3, -0.25) is 9.59 Å². The number of methoxy groups -OCH3 is 1. The molecule has 0 bridgehead atoms. The number of hydrogen-bond acceptors (Lipinski definition) is 5. The van der Waals surface area contributed by atoms with Crippen LogP contribution in [-0.4, -0.2) is 19.5 Å². The van der Waals surface area contributed by atoms with Crippen molar-refractivity contribution in [1.29, 1.82) is 0 Å². The van der Waals surface area contributed by atoms with Gasteiger partial charge in [0.1, 0.15) is 17.9 Å². The molecule has 0 atom stereocenters. The normalized spacial score (nSPS) is 10.7. The van der Waals surface area contributed by atoms with E-state index in [0.717, 1.165) is 5.56 Å². The van der Waals surface area contributed by atoms with Crippen molar-refractivity contribution in [2.45, 2.75) is 13.8 Å². The van der Waals surface area contributed by atoms with E-state index in [1.165, 1.54) is 6.92 Å². The Hall–Kier alpha value is -3.08. The molecule has 0 aliphatic carbocycles. The van der Waals surface area contributed by atoms with E-state index in [0.29, 0.717) is 28.0 Å². The van der Waals surface area contributed by atoms with E-state index in [2.05, 4.69) is 0 Å². The highest BCUT2D eigenvalue weighted by Gasteiger charge is 2.18. The molecule has 0 radical (unpaired) electrons. The zero-order valence-corrected chi connectivity index (χ0v) is 14.3. The molecule has 5 heteroatoms. The first kappa shape index (κ1) is 16.8. The second-order valence-corrected chi connectivity index (χ2v) is 5.81. The molecular formula is C20H18O5. The zero-order chi connectivity index (χ0) is 18.0. The van der Waals surface area contributed by atoms with Crippen LogP contribution in [0.15, 0.2) is 51.7 Å². The third kappa shape index (κ3) is 3.40. The predicted molar refractivity (Wildman–Crippen MR) is 95.4 cm³/mol. The summed E-state index contributed by atoms with van der Waals surface area (Å²) in [6.07, 6.45) is 0. The molecule has 0 aliphatic heterocycles. The van der Waals surface area contributed by atoms with Crippen LogP contribution in [0.25, 0.3) is 22.3 Å². The van der Waals surface area contributed by atoms with Gasteiger partial charge in [-0.15, -0.1) is 0 Å². The van der Waals surface area contributed by atoms with Gasteiger partial charge in [-0.1, -0.05) is 6.07 Å². The van der Waals surface area contributed by atoms with Crippen molar-refractivity contribution >= 4 is 16.8 Å². The van der Waals surface area contributed by atoms with Gasteiger partial charge in [0.25, 0.3) is 0 Å². The van der Waals surface area contributed by atoms with Crippen molar-refractivity contribution < 1.29 is 18.7 Å². The van der Waals surface area contributed by atoms with E-state index in [1.54, 1.807) is 43.5 Å². The number of fused-ring (bicyclic) bond motifs is 1. The van der Waals surface area contributed by atoms with E-state index in [4.69, 9.17) is 13.9 Å². The molecule has 25 heavy (non-hydrogen) atoms. The standard InChI is InChI=1S/C20H18O5/c1-12-4-9-16-17(10-12)25-19(14-5-7-15(23-3)8-6-14)20(18(16)22)24-11-13(2)21/h4-10H,11H2,1-3H3. The van der Waals surface area contributed by atoms with Gasteiger partial charge in [0.2, 0.25) is 11.2 Å². The minimum absolute atomic E-state index is 0.0386. The van der Waals surface area contributed by atoms with Gasteiger partial charge >= 0.3 is 0 Å². The van der Waals surface area contributed by atoms with Crippen LogP contribution in [0.5, 0.6) is 11.5 Å². The quantitative estimate of drug-likeness (QED) is 0.709. The Labute approximate surface area is 144 Å². The Morgan fingerprint density at radius 1 is 1.12 bits per heavy atom. The maximum absolute atomic E-state index is 12.8. The summed E-state index contributed by atoms with van der Waals surface area (Å²) in [4.78, 5) is 24.1. The summed E-state index contributed by atoms with van der Waals surface area (Å²) in [5.74, 6) is 0.849. The third-order valence-corrected chi connectivity index (χ3v) is 3.78. The second-order valence-electron chi connectivity index (χ2n) is 5.81. The first-order valence-corrected chi connectivity index (χ1v) is 7.83. The molecule has 0 aliphatic rings. The average Bonchev–Trinajstić information content (AvgIpc) is 2.60. The molecule has 1 aromatic heterocycles. The van der Waals surface area contributed by atoms with Gasteiger partial charge in [0.15, 0.2) is 11.5 Å². The number of carbonyl (C=O) groups is 1. The number of benzene rings is 2. The van der Waals surface area contributed by atoms with Crippen molar-refractivity contribution in [2.24, 2.45) is 0 Å². The van der Waals surface area contributed by atoms with Crippen LogP contribution >= 0.6 is 0 Å². The van der Waals surface area contributed by atoms with E-state index in [-0.39, 0.29) is 23.6 Å². The zero-order valence-electron chi connectivity index (χ0n) is 14.3. The largest absolute Gasteiger partial charge is 0.497 e. The van der Waals surface area contributed by atoms with Crippen LogP contribution in [0.4, 0.5) is 0 Å². The highest BCUT2D eigenvalue weighted by atomic mass is 16.5. The summed E-state index contributed by atoms with van der Waals surface area (Å²) in [6.45, 7) is 3.14. The summed E-state index contributed by atoms with van der Waals surface area (Å²) in [7, 11) is 1.58. The van der Waals surface area contributed by atoms with Crippen LogP contribution in [0.2, 0.25) is 0 Å². The van der Waals surface area contributed by atoms with Crippen molar-refractivity contribution in [1.82, 2.24) is 0 Å². The van der Waals surface area contributed by atoms with Crippen molar-refractivity contribution in [2.75, 3.05) is 13.7 Å². The Bertz CT molecular complexity index is 983. The summed E-state index contributed by atoms with van der Waals surface area (Å²) in [5.41, 5.74) is 1.83. The lowest BCUT2D eigenvalue weighted by Gasteiger charge is -2.11. The first-order chi connectivity index (χ1) is 12.0. The Morgan fingerprint density at radius 2 is 1.84 bits per heavy atom. The van der Waals surface area contributed by atoms with Gasteiger partial charge < -0.3 is 13.9 Å². The molecule has 2 aromatic carbocycles. The Balaban J connectivity index is 2.23. The molecule has 0 unspecified atom stereocenters. The second kappa shape index (κ2) is 6.81. The number of Topliss-reactive ketones (excluding diaryl/α,β-unsaturated/α-hetero) is 1. The SMILES string of the molecule is COc1ccc(-c2oc3cc(C)ccc3c(=O)c2OCC(C)=O)cc1. The topological polar surface area (TPSA) is 65.7 Å². The lowest BCUT2D eigenvalue weighted by molar-refractivity contribution is -0.118. The summed E-state index contributed by atoms with van der Waals surface area (Å²) >= 11 is 0. The maximum atomic E-state index is 12.8. The molecule has 3 aromatic rings. The molecule has 0 amide bonds. The Kier molecular flexibility index (Phi) is 4.57. The Morgan fingerprint density at radius 3 is 2.48 bits per heavy atom.